The standard InChI is InChI=1S/C25H25N5O3.ClH/c31-24(28-15-19-3-1-2-8-26-19)18-5-7-21-20(13-18)23(25(32)29-21)22-6-4-17(14-27-22)16-30-9-11-33-12-10-30;/h1-8,13-14,29,32H,9-12,15-16H2,(H,28,31);1H. The van der Waals surface area contributed by atoms with Gasteiger partial charge in [-0.1, -0.05) is 12.1 Å². The van der Waals surface area contributed by atoms with Gasteiger partial charge in [-0.25, -0.2) is 0 Å². The van der Waals surface area contributed by atoms with Crippen molar-refractivity contribution < 1.29 is 14.6 Å². The average molecular weight is 480 g/mol. The van der Waals surface area contributed by atoms with Crippen LogP contribution in [0.25, 0.3) is 22.2 Å². The number of benzene rings is 1. The van der Waals surface area contributed by atoms with Crippen LogP contribution in [0.5, 0.6) is 5.88 Å². The molecule has 1 aliphatic heterocycles. The Labute approximate surface area is 203 Å². The predicted octanol–water partition coefficient (Wildman–Crippen LogP) is 3.51. The van der Waals surface area contributed by atoms with Crippen LogP contribution in [0.2, 0.25) is 0 Å². The SMILES string of the molecule is Cl.O=C(NCc1ccccn1)c1ccc2[nH]c(O)c(-c3ccc(CN4CCOCC4)cn3)c2c1. The molecule has 1 fully saturated rings. The van der Waals surface area contributed by atoms with Crippen molar-refractivity contribution in [2.75, 3.05) is 26.3 Å². The van der Waals surface area contributed by atoms with Gasteiger partial charge in [-0.2, -0.15) is 0 Å². The van der Waals surface area contributed by atoms with Crippen molar-refractivity contribution in [1.29, 1.82) is 0 Å². The van der Waals surface area contributed by atoms with Crippen molar-refractivity contribution in [2.24, 2.45) is 0 Å². The second-order valence-corrected chi connectivity index (χ2v) is 8.05. The van der Waals surface area contributed by atoms with Crippen molar-refractivity contribution >= 4 is 29.2 Å². The van der Waals surface area contributed by atoms with Crippen LogP contribution in [0, 0.1) is 0 Å². The number of aromatic nitrogens is 3. The molecular weight excluding hydrogens is 454 g/mol. The summed E-state index contributed by atoms with van der Waals surface area (Å²) in [6, 6.07) is 14.8. The molecule has 4 aromatic rings. The molecule has 1 amide bonds. The number of halogens is 1. The lowest BCUT2D eigenvalue weighted by Gasteiger charge is -2.26. The maximum absolute atomic E-state index is 12.7. The van der Waals surface area contributed by atoms with Gasteiger partial charge in [0.25, 0.3) is 5.91 Å². The van der Waals surface area contributed by atoms with Gasteiger partial charge in [0.2, 0.25) is 0 Å². The van der Waals surface area contributed by atoms with Crippen LogP contribution in [0.15, 0.2) is 60.9 Å². The molecule has 4 heterocycles. The van der Waals surface area contributed by atoms with E-state index < -0.39 is 0 Å². The number of carbonyl (C=O) groups excluding carboxylic acids is 1. The van der Waals surface area contributed by atoms with E-state index in [9.17, 15) is 9.90 Å². The molecule has 0 saturated carbocycles. The van der Waals surface area contributed by atoms with E-state index in [0.717, 1.165) is 55.0 Å². The van der Waals surface area contributed by atoms with Crippen molar-refractivity contribution in [3.05, 3.63) is 77.7 Å². The zero-order valence-corrected chi connectivity index (χ0v) is 19.3. The molecule has 0 radical (unpaired) electrons. The summed E-state index contributed by atoms with van der Waals surface area (Å²) >= 11 is 0. The predicted molar refractivity (Wildman–Crippen MR) is 132 cm³/mol. The number of pyridine rings is 2. The van der Waals surface area contributed by atoms with Crippen LogP contribution in [0.3, 0.4) is 0 Å². The van der Waals surface area contributed by atoms with Gasteiger partial charge in [-0.05, 0) is 42.0 Å². The summed E-state index contributed by atoms with van der Waals surface area (Å²) in [5.74, 6) is -0.174. The Morgan fingerprint density at radius 1 is 1.12 bits per heavy atom. The van der Waals surface area contributed by atoms with Crippen LogP contribution in [-0.2, 0) is 17.8 Å². The van der Waals surface area contributed by atoms with Crippen molar-refractivity contribution in [3.8, 4) is 17.1 Å². The number of ether oxygens (including phenoxy) is 1. The highest BCUT2D eigenvalue weighted by atomic mass is 35.5. The molecule has 176 valence electrons. The minimum atomic E-state index is -0.206. The van der Waals surface area contributed by atoms with Gasteiger partial charge in [-0.3, -0.25) is 19.7 Å². The second-order valence-electron chi connectivity index (χ2n) is 8.05. The molecular formula is C25H26ClN5O3. The lowest BCUT2D eigenvalue weighted by atomic mass is 10.1. The first kappa shape index (κ1) is 23.7. The van der Waals surface area contributed by atoms with Gasteiger partial charge in [0.1, 0.15) is 0 Å². The summed E-state index contributed by atoms with van der Waals surface area (Å²) in [5.41, 5.74) is 4.37. The van der Waals surface area contributed by atoms with E-state index in [1.165, 1.54) is 0 Å². The first-order valence-electron chi connectivity index (χ1n) is 11.0. The smallest absolute Gasteiger partial charge is 0.251 e. The zero-order valence-electron chi connectivity index (χ0n) is 18.5. The molecule has 3 N–H and O–H groups in total. The summed E-state index contributed by atoms with van der Waals surface area (Å²) < 4.78 is 5.40. The second kappa shape index (κ2) is 10.6. The Balaban J connectivity index is 0.00000274. The molecule has 0 unspecified atom stereocenters. The minimum absolute atomic E-state index is 0. The lowest BCUT2D eigenvalue weighted by molar-refractivity contribution is 0.0341. The van der Waals surface area contributed by atoms with E-state index in [1.807, 2.05) is 36.5 Å². The molecule has 1 saturated heterocycles. The van der Waals surface area contributed by atoms with Crippen LogP contribution in [0.4, 0.5) is 0 Å². The van der Waals surface area contributed by atoms with E-state index in [-0.39, 0.29) is 24.2 Å². The van der Waals surface area contributed by atoms with Crippen molar-refractivity contribution in [2.45, 2.75) is 13.1 Å². The van der Waals surface area contributed by atoms with Crippen LogP contribution >= 0.6 is 12.4 Å². The summed E-state index contributed by atoms with van der Waals surface area (Å²) in [6.07, 6.45) is 3.54. The van der Waals surface area contributed by atoms with Gasteiger partial charge in [0.15, 0.2) is 5.88 Å². The third-order valence-electron chi connectivity index (χ3n) is 5.79. The Hall–Kier alpha value is -3.46. The largest absolute Gasteiger partial charge is 0.494 e. The molecule has 0 bridgehead atoms. The van der Waals surface area contributed by atoms with Crippen LogP contribution in [-0.4, -0.2) is 57.2 Å². The van der Waals surface area contributed by atoms with E-state index in [0.29, 0.717) is 23.4 Å². The first-order chi connectivity index (χ1) is 16.2. The number of aromatic hydroxyl groups is 1. The number of H-pyrrole nitrogens is 1. The number of nitrogens with one attached hydrogen (secondary N) is 2. The third-order valence-corrected chi connectivity index (χ3v) is 5.79. The van der Waals surface area contributed by atoms with E-state index >= 15 is 0 Å². The zero-order chi connectivity index (χ0) is 22.6. The van der Waals surface area contributed by atoms with Crippen LogP contribution in [0.1, 0.15) is 21.6 Å². The molecule has 3 aromatic heterocycles. The van der Waals surface area contributed by atoms with Crippen LogP contribution < -0.4 is 5.32 Å². The van der Waals surface area contributed by atoms with Gasteiger partial charge in [-0.15, -0.1) is 12.4 Å². The first-order valence-corrected chi connectivity index (χ1v) is 11.0. The number of carbonyl (C=O) groups is 1. The minimum Gasteiger partial charge on any atom is -0.494 e. The highest BCUT2D eigenvalue weighted by Gasteiger charge is 2.17. The number of rotatable bonds is 6. The summed E-state index contributed by atoms with van der Waals surface area (Å²) in [7, 11) is 0. The quantitative estimate of drug-likeness (QED) is 0.391. The molecule has 8 nitrogen and oxygen atoms in total. The lowest BCUT2D eigenvalue weighted by Crippen LogP contribution is -2.35. The molecule has 0 spiro atoms. The van der Waals surface area contributed by atoms with E-state index in [1.54, 1.807) is 24.4 Å². The summed E-state index contributed by atoms with van der Waals surface area (Å²) in [5, 5.41) is 14.2. The Morgan fingerprint density at radius 3 is 2.71 bits per heavy atom. The highest BCUT2D eigenvalue weighted by Crippen LogP contribution is 2.36. The number of hydrogen-bond acceptors (Lipinski definition) is 6. The number of morpholine rings is 1. The number of nitrogens with zero attached hydrogens (tertiary/aromatic N) is 3. The molecule has 5 rings (SSSR count). The average Bonchev–Trinajstić information content (AvgIpc) is 3.19. The number of hydrogen-bond donors (Lipinski definition) is 3. The maximum Gasteiger partial charge on any atom is 0.251 e. The van der Waals surface area contributed by atoms with Crippen molar-refractivity contribution in [3.63, 3.8) is 0 Å². The third kappa shape index (κ3) is 5.20. The highest BCUT2D eigenvalue weighted by molar-refractivity contribution is 6.03. The Morgan fingerprint density at radius 2 is 1.97 bits per heavy atom. The molecule has 9 heteroatoms. The number of fused-ring (bicyclic) bond motifs is 1. The molecule has 1 aromatic carbocycles. The fourth-order valence-electron chi connectivity index (χ4n) is 4.04. The molecule has 34 heavy (non-hydrogen) atoms. The maximum atomic E-state index is 12.7. The fraction of sp³-hybridized carbons (Fsp3) is 0.240. The van der Waals surface area contributed by atoms with Gasteiger partial charge in [0, 0.05) is 48.5 Å². The van der Waals surface area contributed by atoms with Gasteiger partial charge < -0.3 is 20.1 Å². The Kier molecular flexibility index (Phi) is 7.42. The Bertz CT molecular complexity index is 1260. The number of amides is 1. The summed E-state index contributed by atoms with van der Waals surface area (Å²) in [4.78, 5) is 26.8. The summed E-state index contributed by atoms with van der Waals surface area (Å²) in [6.45, 7) is 4.50. The molecule has 0 atom stereocenters. The monoisotopic (exact) mass is 479 g/mol. The van der Waals surface area contributed by atoms with Gasteiger partial charge >= 0.3 is 0 Å². The molecule has 1 aliphatic rings. The molecule has 0 aliphatic carbocycles. The van der Waals surface area contributed by atoms with Crippen molar-refractivity contribution in [1.82, 2.24) is 25.2 Å². The number of aromatic amines is 1. The van der Waals surface area contributed by atoms with Gasteiger partial charge in [0.05, 0.1) is 36.7 Å². The normalized spacial score (nSPS) is 14.0. The van der Waals surface area contributed by atoms with E-state index in [2.05, 4.69) is 25.2 Å². The topological polar surface area (TPSA) is 103 Å². The fourth-order valence-corrected chi connectivity index (χ4v) is 4.04. The van der Waals surface area contributed by atoms with E-state index in [4.69, 9.17) is 4.74 Å².